The topological polar surface area (TPSA) is 95.7 Å². The second-order valence-corrected chi connectivity index (χ2v) is 4.31. The van der Waals surface area contributed by atoms with E-state index in [9.17, 15) is 14.4 Å². The van der Waals surface area contributed by atoms with Crippen molar-refractivity contribution in [3.8, 4) is 0 Å². The number of nitrogens with two attached hydrogens (primary N) is 1. The van der Waals surface area contributed by atoms with Crippen molar-refractivity contribution in [3.63, 3.8) is 0 Å². The van der Waals surface area contributed by atoms with Gasteiger partial charge in [-0.05, 0) is 27.7 Å². The van der Waals surface area contributed by atoms with E-state index in [4.69, 9.17) is 5.73 Å². The first kappa shape index (κ1) is 17.8. The normalized spacial score (nSPS) is 9.71. The first-order valence-corrected chi connectivity index (χ1v) is 5.13. The SMILES string of the molecule is CC(C)(C)OC(N)=O.COC(=O)CCC(C)=O. The average molecular weight is 247 g/mol. The molecule has 0 heterocycles. The number of carbonyl (C=O) groups is 3. The molecule has 2 N–H and O–H groups in total. The fourth-order valence-electron chi connectivity index (χ4n) is 0.682. The van der Waals surface area contributed by atoms with Gasteiger partial charge >= 0.3 is 12.1 Å². The van der Waals surface area contributed by atoms with Crippen LogP contribution in [0.25, 0.3) is 0 Å². The van der Waals surface area contributed by atoms with E-state index in [0.29, 0.717) is 0 Å². The number of Topliss-reactive ketones (excluding diaryl/α,β-unsaturated/α-hetero) is 1. The van der Waals surface area contributed by atoms with E-state index >= 15 is 0 Å². The Balaban J connectivity index is 0. The second-order valence-electron chi connectivity index (χ2n) is 4.31. The minimum absolute atomic E-state index is 0.0143. The van der Waals surface area contributed by atoms with E-state index in [0.717, 1.165) is 0 Å². The van der Waals surface area contributed by atoms with Crippen LogP contribution in [0.2, 0.25) is 0 Å². The van der Waals surface area contributed by atoms with Crippen LogP contribution in [0.4, 0.5) is 4.79 Å². The summed E-state index contributed by atoms with van der Waals surface area (Å²) < 4.78 is 8.89. The highest BCUT2D eigenvalue weighted by Crippen LogP contribution is 2.04. The van der Waals surface area contributed by atoms with Crippen LogP contribution in [-0.4, -0.2) is 30.6 Å². The third-order valence-corrected chi connectivity index (χ3v) is 1.32. The quantitative estimate of drug-likeness (QED) is 0.760. The summed E-state index contributed by atoms with van der Waals surface area (Å²) in [6.45, 7) is 6.73. The second kappa shape index (κ2) is 8.55. The zero-order valence-electron chi connectivity index (χ0n) is 11.0. The minimum atomic E-state index is -0.725. The van der Waals surface area contributed by atoms with E-state index in [2.05, 4.69) is 9.47 Å². The van der Waals surface area contributed by atoms with Crippen LogP contribution < -0.4 is 5.73 Å². The molecule has 0 aromatic carbocycles. The number of ketones is 1. The maximum atomic E-state index is 10.3. The van der Waals surface area contributed by atoms with Gasteiger partial charge in [-0.2, -0.15) is 0 Å². The van der Waals surface area contributed by atoms with Gasteiger partial charge in [-0.25, -0.2) is 4.79 Å². The maximum Gasteiger partial charge on any atom is 0.405 e. The van der Waals surface area contributed by atoms with Crippen molar-refractivity contribution >= 4 is 17.8 Å². The van der Waals surface area contributed by atoms with Gasteiger partial charge in [-0.15, -0.1) is 0 Å². The number of amides is 1. The molecule has 0 aliphatic heterocycles. The lowest BCUT2D eigenvalue weighted by Crippen LogP contribution is -2.27. The highest BCUT2D eigenvalue weighted by molar-refractivity contribution is 5.80. The van der Waals surface area contributed by atoms with Crippen molar-refractivity contribution in [2.45, 2.75) is 46.1 Å². The lowest BCUT2D eigenvalue weighted by Gasteiger charge is -2.16. The van der Waals surface area contributed by atoms with Crippen molar-refractivity contribution in [1.29, 1.82) is 0 Å². The molecule has 0 aromatic rings. The van der Waals surface area contributed by atoms with Crippen molar-refractivity contribution in [1.82, 2.24) is 0 Å². The van der Waals surface area contributed by atoms with Gasteiger partial charge in [0.05, 0.1) is 13.5 Å². The molecule has 0 fully saturated rings. The van der Waals surface area contributed by atoms with E-state index in [-0.39, 0.29) is 24.6 Å². The van der Waals surface area contributed by atoms with E-state index in [1.807, 2.05) is 0 Å². The van der Waals surface area contributed by atoms with Gasteiger partial charge in [0.1, 0.15) is 11.4 Å². The van der Waals surface area contributed by atoms with Gasteiger partial charge in [0.25, 0.3) is 0 Å². The summed E-state index contributed by atoms with van der Waals surface area (Å²) in [5.41, 5.74) is 4.26. The van der Waals surface area contributed by atoms with Gasteiger partial charge in [-0.3, -0.25) is 4.79 Å². The van der Waals surface area contributed by atoms with Gasteiger partial charge < -0.3 is 20.0 Å². The molecule has 6 nitrogen and oxygen atoms in total. The molecule has 0 spiro atoms. The van der Waals surface area contributed by atoms with Crippen molar-refractivity contribution in [2.75, 3.05) is 7.11 Å². The summed E-state index contributed by atoms with van der Waals surface area (Å²) in [5.74, 6) is -0.314. The molecule has 0 aliphatic carbocycles. The molecule has 0 aliphatic rings. The number of hydrogen-bond donors (Lipinski definition) is 1. The predicted octanol–water partition coefficient (Wildman–Crippen LogP) is 1.41. The van der Waals surface area contributed by atoms with Crippen molar-refractivity contribution in [2.24, 2.45) is 5.73 Å². The zero-order chi connectivity index (χ0) is 14.1. The average Bonchev–Trinajstić information content (AvgIpc) is 2.10. The molecule has 17 heavy (non-hydrogen) atoms. The highest BCUT2D eigenvalue weighted by atomic mass is 16.6. The number of primary amides is 1. The molecule has 1 amide bonds. The van der Waals surface area contributed by atoms with Gasteiger partial charge in [-0.1, -0.05) is 0 Å². The third kappa shape index (κ3) is 20.5. The molecule has 0 bridgehead atoms. The number of ether oxygens (including phenoxy) is 2. The molecule has 0 saturated carbocycles. The van der Waals surface area contributed by atoms with Gasteiger partial charge in [0, 0.05) is 6.42 Å². The highest BCUT2D eigenvalue weighted by Gasteiger charge is 2.12. The summed E-state index contributed by atoms with van der Waals surface area (Å²) in [5, 5.41) is 0. The molecule has 0 atom stereocenters. The molecule has 0 saturated heterocycles. The van der Waals surface area contributed by atoms with Crippen molar-refractivity contribution in [3.05, 3.63) is 0 Å². The minimum Gasteiger partial charge on any atom is -0.469 e. The lowest BCUT2D eigenvalue weighted by molar-refractivity contribution is -0.141. The molecule has 6 heteroatoms. The summed E-state index contributed by atoms with van der Waals surface area (Å²) in [7, 11) is 1.31. The Bertz CT molecular complexity index is 268. The van der Waals surface area contributed by atoms with E-state index in [1.54, 1.807) is 20.8 Å². The molecule has 0 aromatic heterocycles. The maximum absolute atomic E-state index is 10.3. The molecular weight excluding hydrogens is 226 g/mol. The Morgan fingerprint density at radius 3 is 1.76 bits per heavy atom. The monoisotopic (exact) mass is 247 g/mol. The van der Waals surface area contributed by atoms with Crippen molar-refractivity contribution < 1.29 is 23.9 Å². The smallest absolute Gasteiger partial charge is 0.405 e. The Hall–Kier alpha value is -1.59. The summed E-state index contributed by atoms with van der Waals surface area (Å²) >= 11 is 0. The summed E-state index contributed by atoms with van der Waals surface area (Å²) in [4.78, 5) is 30.6. The standard InChI is InChI=1S/C6H10O3.C5H11NO2/c1-5(7)3-4-6(8)9-2;1-5(2,3)8-4(6)7/h3-4H2,1-2H3;1-3H3,(H2,6,7). The zero-order valence-corrected chi connectivity index (χ0v) is 11.0. The Labute approximate surface area is 101 Å². The van der Waals surface area contributed by atoms with Crippen LogP contribution in [0.5, 0.6) is 0 Å². The third-order valence-electron chi connectivity index (χ3n) is 1.32. The Kier molecular flexibility index (Phi) is 8.95. The number of carbonyl (C=O) groups excluding carboxylic acids is 3. The molecule has 0 unspecified atom stereocenters. The van der Waals surface area contributed by atoms with Crippen LogP contribution in [-0.2, 0) is 19.1 Å². The first-order chi connectivity index (χ1) is 7.58. The van der Waals surface area contributed by atoms with Crippen LogP contribution in [0.15, 0.2) is 0 Å². The fraction of sp³-hybridized carbons (Fsp3) is 0.727. The first-order valence-electron chi connectivity index (χ1n) is 5.13. The number of methoxy groups -OCH3 is 1. The van der Waals surface area contributed by atoms with Crippen LogP contribution >= 0.6 is 0 Å². The van der Waals surface area contributed by atoms with Crippen LogP contribution in [0, 0.1) is 0 Å². The Morgan fingerprint density at radius 1 is 1.12 bits per heavy atom. The molecule has 0 rings (SSSR count). The molecular formula is C11H21NO5. The largest absolute Gasteiger partial charge is 0.469 e. The van der Waals surface area contributed by atoms with Crippen LogP contribution in [0.1, 0.15) is 40.5 Å². The Morgan fingerprint density at radius 2 is 1.59 bits per heavy atom. The number of hydrogen-bond acceptors (Lipinski definition) is 5. The van der Waals surface area contributed by atoms with E-state index < -0.39 is 11.7 Å². The lowest BCUT2D eigenvalue weighted by atomic mass is 10.2. The fourth-order valence-corrected chi connectivity index (χ4v) is 0.682. The number of esters is 1. The van der Waals surface area contributed by atoms with E-state index in [1.165, 1.54) is 14.0 Å². The summed E-state index contributed by atoms with van der Waals surface area (Å²) in [6, 6.07) is 0. The summed E-state index contributed by atoms with van der Waals surface area (Å²) in [6.07, 6.45) is -0.240. The molecule has 0 radical (unpaired) electrons. The molecule has 100 valence electrons. The van der Waals surface area contributed by atoms with Gasteiger partial charge in [0.2, 0.25) is 0 Å². The number of rotatable bonds is 3. The predicted molar refractivity (Wildman–Crippen MR) is 62.4 cm³/mol. The van der Waals surface area contributed by atoms with Gasteiger partial charge in [0.15, 0.2) is 0 Å². The van der Waals surface area contributed by atoms with Crippen LogP contribution in [0.3, 0.4) is 0 Å².